The molecule has 0 aliphatic heterocycles. The maximum atomic E-state index is 10.5. The molecule has 1 N–H and O–H groups in total. The molecule has 2 aromatic rings. The van der Waals surface area contributed by atoms with Gasteiger partial charge in [-0.1, -0.05) is 60.7 Å². The molecule has 0 aliphatic rings. The van der Waals surface area contributed by atoms with E-state index in [9.17, 15) is 5.11 Å². The van der Waals surface area contributed by atoms with Gasteiger partial charge in [-0.3, -0.25) is 4.90 Å². The third kappa shape index (κ3) is 10.0. The maximum Gasteiger partial charge on any atom is 0.170 e. The molecule has 2 aromatic carbocycles. The Bertz CT molecular complexity index is 632. The summed E-state index contributed by atoms with van der Waals surface area (Å²) in [5.41, 5.74) is 2.38. The number of aliphatic hydroxyl groups is 1. The predicted octanol–water partition coefficient (Wildman–Crippen LogP) is 3.51. The summed E-state index contributed by atoms with van der Waals surface area (Å²) in [4.78, 5) is 2.19. The van der Waals surface area contributed by atoms with Gasteiger partial charge >= 0.3 is 0 Å². The molecule has 29 heavy (non-hydrogen) atoms. The average Bonchev–Trinajstić information content (AvgIpc) is 2.74. The molecule has 160 valence electrons. The molecular formula is C24H35NO4. The Balaban J connectivity index is 1.86. The van der Waals surface area contributed by atoms with Crippen molar-refractivity contribution in [3.8, 4) is 0 Å². The number of hydrogen-bond acceptors (Lipinski definition) is 5. The molecule has 2 rings (SSSR count). The Morgan fingerprint density at radius 1 is 0.828 bits per heavy atom. The summed E-state index contributed by atoms with van der Waals surface area (Å²) in [6, 6.07) is 20.4. The topological polar surface area (TPSA) is 51.2 Å². The van der Waals surface area contributed by atoms with Crippen molar-refractivity contribution in [2.75, 3.05) is 39.5 Å². The zero-order valence-electron chi connectivity index (χ0n) is 17.7. The molecule has 5 nitrogen and oxygen atoms in total. The predicted molar refractivity (Wildman–Crippen MR) is 116 cm³/mol. The van der Waals surface area contributed by atoms with E-state index in [2.05, 4.69) is 29.2 Å². The van der Waals surface area contributed by atoms with Crippen LogP contribution in [0.25, 0.3) is 0 Å². The van der Waals surface area contributed by atoms with Crippen molar-refractivity contribution in [1.29, 1.82) is 0 Å². The zero-order valence-corrected chi connectivity index (χ0v) is 17.7. The Hall–Kier alpha value is -1.76. The lowest BCUT2D eigenvalue weighted by Crippen LogP contribution is -2.42. The van der Waals surface area contributed by atoms with Gasteiger partial charge in [-0.25, -0.2) is 0 Å². The largest absolute Gasteiger partial charge is 0.389 e. The molecule has 0 radical (unpaired) electrons. The third-order valence-electron chi connectivity index (χ3n) is 4.56. The summed E-state index contributed by atoms with van der Waals surface area (Å²) >= 11 is 0. The van der Waals surface area contributed by atoms with Crippen LogP contribution >= 0.6 is 0 Å². The second-order valence-electron chi connectivity index (χ2n) is 6.99. The van der Waals surface area contributed by atoms with Crippen LogP contribution in [0.2, 0.25) is 0 Å². The van der Waals surface area contributed by atoms with Gasteiger partial charge in [0.25, 0.3) is 0 Å². The molecule has 1 atom stereocenters. The average molecular weight is 402 g/mol. The highest BCUT2D eigenvalue weighted by Gasteiger charge is 2.18. The second kappa shape index (κ2) is 14.3. The van der Waals surface area contributed by atoms with Gasteiger partial charge in [0.1, 0.15) is 0 Å². The van der Waals surface area contributed by atoms with Crippen molar-refractivity contribution in [1.82, 2.24) is 4.90 Å². The molecule has 0 bridgehead atoms. The maximum absolute atomic E-state index is 10.5. The zero-order chi connectivity index (χ0) is 20.7. The summed E-state index contributed by atoms with van der Waals surface area (Å²) in [5, 5.41) is 10.5. The van der Waals surface area contributed by atoms with E-state index in [1.165, 1.54) is 5.56 Å². The molecular weight excluding hydrogens is 366 g/mol. The van der Waals surface area contributed by atoms with Crippen molar-refractivity contribution < 1.29 is 19.3 Å². The minimum atomic E-state index is -0.571. The fraction of sp³-hybridized carbons (Fsp3) is 0.500. The fourth-order valence-electron chi connectivity index (χ4n) is 3.16. The van der Waals surface area contributed by atoms with E-state index in [-0.39, 0.29) is 6.29 Å². The first-order valence-electron chi connectivity index (χ1n) is 10.5. The number of nitrogens with zero attached hydrogens (tertiary/aromatic N) is 1. The minimum absolute atomic E-state index is 0.293. The van der Waals surface area contributed by atoms with Crippen molar-refractivity contribution in [3.05, 3.63) is 71.8 Å². The smallest absolute Gasteiger partial charge is 0.170 e. The second-order valence-corrected chi connectivity index (χ2v) is 6.99. The number of hydrogen-bond donors (Lipinski definition) is 1. The molecule has 1 unspecified atom stereocenters. The first-order valence-corrected chi connectivity index (χ1v) is 10.5. The Morgan fingerprint density at radius 2 is 1.41 bits per heavy atom. The van der Waals surface area contributed by atoms with E-state index in [0.29, 0.717) is 39.5 Å². The number of aliphatic hydroxyl groups excluding tert-OH is 1. The number of benzene rings is 2. The molecule has 0 amide bonds. The van der Waals surface area contributed by atoms with Crippen LogP contribution in [0.5, 0.6) is 0 Å². The van der Waals surface area contributed by atoms with Crippen LogP contribution in [0.15, 0.2) is 60.7 Å². The van der Waals surface area contributed by atoms with Crippen molar-refractivity contribution in [2.24, 2.45) is 0 Å². The summed E-state index contributed by atoms with van der Waals surface area (Å²) in [7, 11) is 0. The van der Waals surface area contributed by atoms with Crippen molar-refractivity contribution in [2.45, 2.75) is 39.3 Å². The molecule has 0 heterocycles. The van der Waals surface area contributed by atoms with Crippen molar-refractivity contribution >= 4 is 0 Å². The van der Waals surface area contributed by atoms with Gasteiger partial charge in [0.2, 0.25) is 0 Å². The van der Waals surface area contributed by atoms with Gasteiger partial charge in [-0.05, 0) is 31.4 Å². The van der Waals surface area contributed by atoms with Crippen LogP contribution in [0.3, 0.4) is 0 Å². The molecule has 0 aliphatic carbocycles. The van der Waals surface area contributed by atoms with E-state index in [1.54, 1.807) is 0 Å². The van der Waals surface area contributed by atoms with E-state index in [1.807, 2.05) is 50.2 Å². The van der Waals surface area contributed by atoms with Crippen LogP contribution in [0.1, 0.15) is 25.0 Å². The summed E-state index contributed by atoms with van der Waals surface area (Å²) in [5.74, 6) is 0. The highest BCUT2D eigenvalue weighted by atomic mass is 16.7. The summed E-state index contributed by atoms with van der Waals surface area (Å²) in [6.45, 7) is 7.87. The summed E-state index contributed by atoms with van der Waals surface area (Å²) < 4.78 is 17.1. The first-order chi connectivity index (χ1) is 14.2. The van der Waals surface area contributed by atoms with Crippen LogP contribution < -0.4 is 0 Å². The van der Waals surface area contributed by atoms with Gasteiger partial charge in [0.15, 0.2) is 6.29 Å². The van der Waals surface area contributed by atoms with Crippen LogP contribution in [0, 0.1) is 0 Å². The Kier molecular flexibility index (Phi) is 11.6. The minimum Gasteiger partial charge on any atom is -0.389 e. The van der Waals surface area contributed by atoms with Gasteiger partial charge in [-0.2, -0.15) is 0 Å². The fourth-order valence-corrected chi connectivity index (χ4v) is 3.16. The summed E-state index contributed by atoms with van der Waals surface area (Å²) in [6.07, 6.45) is 0.0419. The SMILES string of the molecule is CCOC(CN(CCc1ccccc1)CC(O)COCc1ccccc1)OCC. The van der Waals surface area contributed by atoms with Gasteiger partial charge in [-0.15, -0.1) is 0 Å². The molecule has 0 saturated heterocycles. The lowest BCUT2D eigenvalue weighted by Gasteiger charge is -2.29. The number of rotatable bonds is 15. The third-order valence-corrected chi connectivity index (χ3v) is 4.56. The van der Waals surface area contributed by atoms with Crippen LogP contribution in [-0.2, 0) is 27.2 Å². The molecule has 5 heteroatoms. The van der Waals surface area contributed by atoms with E-state index < -0.39 is 6.10 Å². The number of ether oxygens (including phenoxy) is 3. The molecule has 0 aromatic heterocycles. The lowest BCUT2D eigenvalue weighted by atomic mass is 10.1. The highest BCUT2D eigenvalue weighted by Crippen LogP contribution is 2.07. The van der Waals surface area contributed by atoms with Crippen LogP contribution in [-0.4, -0.2) is 61.9 Å². The highest BCUT2D eigenvalue weighted by molar-refractivity contribution is 5.15. The quantitative estimate of drug-likeness (QED) is 0.463. The van der Waals surface area contributed by atoms with E-state index >= 15 is 0 Å². The monoisotopic (exact) mass is 401 g/mol. The Labute approximate surface area is 175 Å². The van der Waals surface area contributed by atoms with Gasteiger partial charge < -0.3 is 19.3 Å². The van der Waals surface area contributed by atoms with E-state index in [0.717, 1.165) is 18.5 Å². The van der Waals surface area contributed by atoms with Gasteiger partial charge in [0.05, 0.1) is 19.3 Å². The molecule has 0 saturated carbocycles. The van der Waals surface area contributed by atoms with Gasteiger partial charge in [0, 0.05) is 32.8 Å². The normalized spacial score (nSPS) is 12.6. The van der Waals surface area contributed by atoms with E-state index in [4.69, 9.17) is 14.2 Å². The first kappa shape index (κ1) is 23.5. The van der Waals surface area contributed by atoms with Crippen LogP contribution in [0.4, 0.5) is 0 Å². The lowest BCUT2D eigenvalue weighted by molar-refractivity contribution is -0.149. The Morgan fingerprint density at radius 3 is 2.00 bits per heavy atom. The standard InChI is InChI=1S/C24H35NO4/c1-3-28-24(29-4-2)18-25(16-15-21-11-7-5-8-12-21)17-23(26)20-27-19-22-13-9-6-10-14-22/h5-14,23-24,26H,3-4,15-20H2,1-2H3. The molecule has 0 spiro atoms. The molecule has 0 fully saturated rings. The van der Waals surface area contributed by atoms with Crippen molar-refractivity contribution in [3.63, 3.8) is 0 Å².